The van der Waals surface area contributed by atoms with Gasteiger partial charge in [-0.3, -0.25) is 4.90 Å². The second-order valence-electron chi connectivity index (χ2n) is 5.11. The fourth-order valence-corrected chi connectivity index (χ4v) is 2.76. The summed E-state index contributed by atoms with van der Waals surface area (Å²) >= 11 is 1.67. The highest BCUT2D eigenvalue weighted by molar-refractivity contribution is 7.09. The number of aliphatic hydroxyl groups is 1. The molecule has 0 amide bonds. The lowest BCUT2D eigenvalue weighted by molar-refractivity contribution is 0.112. The molecule has 0 saturated carbocycles. The van der Waals surface area contributed by atoms with Gasteiger partial charge < -0.3 is 5.11 Å². The van der Waals surface area contributed by atoms with Gasteiger partial charge in [-0.2, -0.15) is 0 Å². The number of rotatable bonds is 6. The van der Waals surface area contributed by atoms with Crippen LogP contribution in [-0.4, -0.2) is 28.1 Å². The van der Waals surface area contributed by atoms with Gasteiger partial charge >= 0.3 is 0 Å². The number of aromatic nitrogens is 1. The quantitative estimate of drug-likeness (QED) is 0.886. The zero-order valence-corrected chi connectivity index (χ0v) is 13.2. The summed E-state index contributed by atoms with van der Waals surface area (Å²) < 4.78 is 0. The predicted molar refractivity (Wildman–Crippen MR) is 83.9 cm³/mol. The molecular formula is C16H22N2OS. The van der Waals surface area contributed by atoms with E-state index in [1.807, 2.05) is 31.2 Å². The van der Waals surface area contributed by atoms with Crippen molar-refractivity contribution in [2.24, 2.45) is 0 Å². The fourth-order valence-electron chi connectivity index (χ4n) is 2.15. The maximum atomic E-state index is 10.3. The van der Waals surface area contributed by atoms with Gasteiger partial charge in [-0.1, -0.05) is 36.8 Å². The third kappa shape index (κ3) is 4.13. The van der Waals surface area contributed by atoms with E-state index in [9.17, 15) is 5.11 Å². The molecule has 4 heteroatoms. The van der Waals surface area contributed by atoms with E-state index in [4.69, 9.17) is 0 Å². The lowest BCUT2D eigenvalue weighted by Crippen LogP contribution is -2.28. The van der Waals surface area contributed by atoms with E-state index in [0.717, 1.165) is 29.4 Å². The van der Waals surface area contributed by atoms with Crippen LogP contribution in [0.4, 0.5) is 0 Å². The average Bonchev–Trinajstić information content (AvgIpc) is 2.84. The Balaban J connectivity index is 1.96. The average molecular weight is 290 g/mol. The summed E-state index contributed by atoms with van der Waals surface area (Å²) in [6, 6.07) is 8.08. The second-order valence-corrected chi connectivity index (χ2v) is 6.17. The molecule has 0 fully saturated rings. The number of thiazole rings is 1. The maximum Gasteiger partial charge on any atom is 0.0917 e. The van der Waals surface area contributed by atoms with Gasteiger partial charge in [0.2, 0.25) is 0 Å². The number of aryl methyl sites for hydroxylation is 2. The van der Waals surface area contributed by atoms with Gasteiger partial charge in [0, 0.05) is 18.5 Å². The van der Waals surface area contributed by atoms with E-state index in [1.54, 1.807) is 11.3 Å². The van der Waals surface area contributed by atoms with Crippen LogP contribution in [0.1, 0.15) is 34.9 Å². The largest absolute Gasteiger partial charge is 0.387 e. The van der Waals surface area contributed by atoms with Crippen molar-refractivity contribution in [3.05, 3.63) is 51.5 Å². The Morgan fingerprint density at radius 1 is 1.25 bits per heavy atom. The van der Waals surface area contributed by atoms with Crippen LogP contribution in [0.5, 0.6) is 0 Å². The zero-order valence-electron chi connectivity index (χ0n) is 12.3. The maximum absolute atomic E-state index is 10.3. The van der Waals surface area contributed by atoms with E-state index in [-0.39, 0.29) is 0 Å². The highest BCUT2D eigenvalue weighted by atomic mass is 32.1. The van der Waals surface area contributed by atoms with Crippen molar-refractivity contribution in [3.8, 4) is 0 Å². The van der Waals surface area contributed by atoms with Crippen molar-refractivity contribution in [3.63, 3.8) is 0 Å². The van der Waals surface area contributed by atoms with Crippen LogP contribution in [0.25, 0.3) is 0 Å². The van der Waals surface area contributed by atoms with Crippen molar-refractivity contribution in [1.82, 2.24) is 9.88 Å². The van der Waals surface area contributed by atoms with Gasteiger partial charge in [0.05, 0.1) is 16.8 Å². The Kier molecular flexibility index (Phi) is 5.29. The molecule has 2 rings (SSSR count). The lowest BCUT2D eigenvalue weighted by Gasteiger charge is -2.23. The molecule has 1 atom stereocenters. The van der Waals surface area contributed by atoms with Crippen LogP contribution in [0.3, 0.4) is 0 Å². The zero-order chi connectivity index (χ0) is 14.5. The van der Waals surface area contributed by atoms with Crippen LogP contribution in [0, 0.1) is 13.8 Å². The first-order chi connectivity index (χ1) is 9.58. The third-order valence-corrected chi connectivity index (χ3v) is 4.21. The van der Waals surface area contributed by atoms with Crippen LogP contribution in [0.15, 0.2) is 29.6 Å². The topological polar surface area (TPSA) is 36.4 Å². The molecule has 108 valence electrons. The van der Waals surface area contributed by atoms with Crippen molar-refractivity contribution in [2.45, 2.75) is 33.4 Å². The molecule has 2 aromatic rings. The van der Waals surface area contributed by atoms with Crippen molar-refractivity contribution < 1.29 is 5.11 Å². The Hall–Kier alpha value is -1.23. The first-order valence-electron chi connectivity index (χ1n) is 6.96. The van der Waals surface area contributed by atoms with Gasteiger partial charge in [-0.25, -0.2) is 4.98 Å². The van der Waals surface area contributed by atoms with Crippen LogP contribution < -0.4 is 0 Å². The van der Waals surface area contributed by atoms with Gasteiger partial charge in [0.15, 0.2) is 0 Å². The molecule has 0 bridgehead atoms. The van der Waals surface area contributed by atoms with Crippen molar-refractivity contribution in [2.75, 3.05) is 13.1 Å². The number of benzene rings is 1. The molecule has 0 radical (unpaired) electrons. The number of nitrogens with zero attached hydrogens (tertiary/aromatic N) is 2. The first kappa shape index (κ1) is 15.2. The molecule has 1 aromatic heterocycles. The standard InChI is InChI=1S/C16H22N2OS/c1-4-18(9-15-11-20-13(3)17-15)10-16(19)14-7-5-12(2)6-8-14/h5-8,11,16,19H,4,9-10H2,1-3H3/t16-/m0/s1. The van der Waals surface area contributed by atoms with Gasteiger partial charge in [-0.15, -0.1) is 11.3 Å². The highest BCUT2D eigenvalue weighted by Crippen LogP contribution is 2.17. The first-order valence-corrected chi connectivity index (χ1v) is 7.84. The molecule has 0 saturated heterocycles. The Morgan fingerprint density at radius 2 is 1.95 bits per heavy atom. The molecular weight excluding hydrogens is 268 g/mol. The molecule has 0 aliphatic carbocycles. The molecule has 1 heterocycles. The summed E-state index contributed by atoms with van der Waals surface area (Å²) in [5.41, 5.74) is 3.28. The van der Waals surface area contributed by atoms with E-state index in [1.165, 1.54) is 5.56 Å². The van der Waals surface area contributed by atoms with E-state index >= 15 is 0 Å². The number of hydrogen-bond donors (Lipinski definition) is 1. The summed E-state index contributed by atoms with van der Waals surface area (Å²) in [6.45, 7) is 8.52. The molecule has 0 aliphatic rings. The fraction of sp³-hybridized carbons (Fsp3) is 0.438. The third-order valence-electron chi connectivity index (χ3n) is 3.39. The molecule has 20 heavy (non-hydrogen) atoms. The predicted octanol–water partition coefficient (Wildman–Crippen LogP) is 3.32. The van der Waals surface area contributed by atoms with Gasteiger partial charge in [-0.05, 0) is 26.0 Å². The summed E-state index contributed by atoms with van der Waals surface area (Å²) in [5.74, 6) is 0. The number of likely N-dealkylation sites (N-methyl/N-ethyl adjacent to an activating group) is 1. The smallest absolute Gasteiger partial charge is 0.0917 e. The van der Waals surface area contributed by atoms with Crippen molar-refractivity contribution in [1.29, 1.82) is 0 Å². The normalized spacial score (nSPS) is 12.8. The van der Waals surface area contributed by atoms with Crippen LogP contribution in [0.2, 0.25) is 0 Å². The van der Waals surface area contributed by atoms with E-state index in [0.29, 0.717) is 6.54 Å². The van der Waals surface area contributed by atoms with E-state index < -0.39 is 6.10 Å². The minimum absolute atomic E-state index is 0.449. The molecule has 0 unspecified atom stereocenters. The van der Waals surface area contributed by atoms with Gasteiger partial charge in [0.1, 0.15) is 0 Å². The summed E-state index contributed by atoms with van der Waals surface area (Å²) in [6.07, 6.45) is -0.449. The molecule has 1 aromatic carbocycles. The Morgan fingerprint density at radius 3 is 2.50 bits per heavy atom. The molecule has 3 nitrogen and oxygen atoms in total. The van der Waals surface area contributed by atoms with Crippen molar-refractivity contribution >= 4 is 11.3 Å². The molecule has 0 spiro atoms. The highest BCUT2D eigenvalue weighted by Gasteiger charge is 2.13. The summed E-state index contributed by atoms with van der Waals surface area (Å²) in [5, 5.41) is 13.5. The van der Waals surface area contributed by atoms with Crippen LogP contribution >= 0.6 is 11.3 Å². The minimum Gasteiger partial charge on any atom is -0.387 e. The summed E-state index contributed by atoms with van der Waals surface area (Å²) in [7, 11) is 0. The Bertz CT molecular complexity index is 536. The number of aliphatic hydroxyl groups excluding tert-OH is 1. The SMILES string of the molecule is CCN(Cc1csc(C)n1)C[C@H](O)c1ccc(C)cc1. The monoisotopic (exact) mass is 290 g/mol. The second kappa shape index (κ2) is 6.97. The number of hydrogen-bond acceptors (Lipinski definition) is 4. The van der Waals surface area contributed by atoms with Crippen LogP contribution in [-0.2, 0) is 6.54 Å². The lowest BCUT2D eigenvalue weighted by atomic mass is 10.1. The summed E-state index contributed by atoms with van der Waals surface area (Å²) in [4.78, 5) is 6.71. The van der Waals surface area contributed by atoms with Gasteiger partial charge in [0.25, 0.3) is 0 Å². The molecule has 1 N–H and O–H groups in total. The minimum atomic E-state index is -0.449. The molecule has 0 aliphatic heterocycles. The van der Waals surface area contributed by atoms with E-state index in [2.05, 4.69) is 29.1 Å². The Labute approximate surface area is 124 Å².